The third kappa shape index (κ3) is 50.7. The average molecular weight is 535 g/mol. The summed E-state index contributed by atoms with van der Waals surface area (Å²) in [6.45, 7) is 7.74. The van der Waals surface area contributed by atoms with E-state index in [-0.39, 0.29) is 40.8 Å². The van der Waals surface area contributed by atoms with Gasteiger partial charge in [0.05, 0.1) is 0 Å². The van der Waals surface area contributed by atoms with Gasteiger partial charge < -0.3 is 15.3 Å². The summed E-state index contributed by atoms with van der Waals surface area (Å²) in [5, 5.41) is 25.3. The molecule has 0 rings (SSSR count). The first-order valence-electron chi connectivity index (χ1n) is 12.1. The van der Waals surface area contributed by atoms with Gasteiger partial charge in [-0.25, -0.2) is 0 Å². The van der Waals surface area contributed by atoms with Gasteiger partial charge in [0.15, 0.2) is 0 Å². The maximum absolute atomic E-state index is 8.42. The van der Waals surface area contributed by atoms with Gasteiger partial charge in [-0.3, -0.25) is 0 Å². The van der Waals surface area contributed by atoms with Crippen LogP contribution in [0, 0.1) is 40.8 Å². The zero-order valence-corrected chi connectivity index (χ0v) is 22.9. The molecular formula is C24H54NdO3. The predicted molar refractivity (Wildman–Crippen MR) is 121 cm³/mol. The molecule has 0 bridgehead atoms. The SMILES string of the molecule is CCCCCCCCO.CCCCCCCCO.CCCCCCCCO.[Nd]. The normalized spacial score (nSPS) is 9.64. The van der Waals surface area contributed by atoms with Crippen molar-refractivity contribution in [2.24, 2.45) is 0 Å². The predicted octanol–water partition coefficient (Wildman–Crippen LogP) is 7.02. The second-order valence-electron chi connectivity index (χ2n) is 7.47. The summed E-state index contributed by atoms with van der Waals surface area (Å²) in [6, 6.07) is 0. The van der Waals surface area contributed by atoms with E-state index >= 15 is 0 Å². The minimum Gasteiger partial charge on any atom is -0.396 e. The number of aliphatic hydroxyl groups is 3. The molecule has 0 saturated carbocycles. The number of unbranched alkanes of at least 4 members (excludes halogenated alkanes) is 15. The van der Waals surface area contributed by atoms with Crippen molar-refractivity contribution >= 4 is 0 Å². The monoisotopic (exact) mass is 532 g/mol. The van der Waals surface area contributed by atoms with Crippen LogP contribution in [0.1, 0.15) is 136 Å². The second-order valence-corrected chi connectivity index (χ2v) is 7.47. The minimum atomic E-state index is 0. The van der Waals surface area contributed by atoms with E-state index in [0.717, 1.165) is 19.3 Å². The molecule has 0 amide bonds. The Balaban J connectivity index is -0.000000152. The Morgan fingerprint density at radius 3 is 0.679 bits per heavy atom. The molecule has 0 aliphatic heterocycles. The molecule has 0 unspecified atom stereocenters. The van der Waals surface area contributed by atoms with Crippen LogP contribution < -0.4 is 0 Å². The number of rotatable bonds is 18. The standard InChI is InChI=1S/3C8H18O.Nd/c3*1-2-3-4-5-6-7-8-9;/h3*9H,2-8H2,1H3;. The molecule has 0 spiro atoms. The Kier molecular flexibility index (Phi) is 55.4. The summed E-state index contributed by atoms with van der Waals surface area (Å²) in [6.07, 6.45) is 22.5. The van der Waals surface area contributed by atoms with E-state index in [1.165, 1.54) is 96.3 Å². The summed E-state index contributed by atoms with van der Waals surface area (Å²) in [5.41, 5.74) is 0. The van der Waals surface area contributed by atoms with Gasteiger partial charge in [-0.2, -0.15) is 0 Å². The van der Waals surface area contributed by atoms with Gasteiger partial charge in [0.2, 0.25) is 0 Å². The molecule has 0 heterocycles. The number of hydrogen-bond donors (Lipinski definition) is 3. The van der Waals surface area contributed by atoms with Crippen molar-refractivity contribution in [3.8, 4) is 0 Å². The first-order chi connectivity index (χ1) is 13.2. The maximum atomic E-state index is 8.42. The van der Waals surface area contributed by atoms with Crippen molar-refractivity contribution in [2.45, 2.75) is 136 Å². The van der Waals surface area contributed by atoms with Crippen molar-refractivity contribution in [2.75, 3.05) is 19.8 Å². The molecule has 3 N–H and O–H groups in total. The molecule has 172 valence electrons. The van der Waals surface area contributed by atoms with E-state index in [1.807, 2.05) is 0 Å². The molecule has 0 aromatic carbocycles. The van der Waals surface area contributed by atoms with Crippen LogP contribution in [0.2, 0.25) is 0 Å². The molecule has 4 heteroatoms. The van der Waals surface area contributed by atoms with Crippen LogP contribution in [-0.2, 0) is 0 Å². The van der Waals surface area contributed by atoms with E-state index < -0.39 is 0 Å². The molecule has 3 nitrogen and oxygen atoms in total. The van der Waals surface area contributed by atoms with E-state index in [2.05, 4.69) is 20.8 Å². The third-order valence-electron chi connectivity index (χ3n) is 4.54. The van der Waals surface area contributed by atoms with E-state index in [0.29, 0.717) is 19.8 Å². The van der Waals surface area contributed by atoms with Crippen LogP contribution in [0.4, 0.5) is 0 Å². The Labute approximate surface area is 211 Å². The van der Waals surface area contributed by atoms with Crippen molar-refractivity contribution in [1.82, 2.24) is 0 Å². The fraction of sp³-hybridized carbons (Fsp3) is 1.00. The topological polar surface area (TPSA) is 60.7 Å². The minimum absolute atomic E-state index is 0. The maximum Gasteiger partial charge on any atom is 0.0431 e. The zero-order valence-electron chi connectivity index (χ0n) is 19.7. The van der Waals surface area contributed by atoms with Crippen molar-refractivity contribution in [3.05, 3.63) is 0 Å². The quantitative estimate of drug-likeness (QED) is 0.166. The van der Waals surface area contributed by atoms with Gasteiger partial charge in [0, 0.05) is 60.7 Å². The Bertz CT molecular complexity index is 153. The fourth-order valence-electron chi connectivity index (χ4n) is 2.68. The molecule has 0 aromatic rings. The van der Waals surface area contributed by atoms with E-state index in [9.17, 15) is 0 Å². The second kappa shape index (κ2) is 42.4. The van der Waals surface area contributed by atoms with Crippen LogP contribution in [0.15, 0.2) is 0 Å². The van der Waals surface area contributed by atoms with Crippen LogP contribution in [0.5, 0.6) is 0 Å². The smallest absolute Gasteiger partial charge is 0.0431 e. The van der Waals surface area contributed by atoms with Crippen LogP contribution in [-0.4, -0.2) is 35.1 Å². The molecule has 0 aromatic heterocycles. The van der Waals surface area contributed by atoms with Gasteiger partial charge in [-0.15, -0.1) is 0 Å². The number of aliphatic hydroxyl groups excluding tert-OH is 3. The van der Waals surface area contributed by atoms with Gasteiger partial charge in [0.25, 0.3) is 0 Å². The van der Waals surface area contributed by atoms with Gasteiger partial charge in [0.1, 0.15) is 0 Å². The molecule has 0 aliphatic carbocycles. The van der Waals surface area contributed by atoms with E-state index in [1.54, 1.807) is 0 Å². The zero-order chi connectivity index (χ0) is 20.8. The third-order valence-corrected chi connectivity index (χ3v) is 4.54. The Morgan fingerprint density at radius 1 is 0.321 bits per heavy atom. The Morgan fingerprint density at radius 2 is 0.500 bits per heavy atom. The van der Waals surface area contributed by atoms with Crippen LogP contribution in [0.3, 0.4) is 0 Å². The van der Waals surface area contributed by atoms with Gasteiger partial charge in [-0.1, -0.05) is 117 Å². The first kappa shape index (κ1) is 36.6. The number of hydrogen-bond acceptors (Lipinski definition) is 3. The van der Waals surface area contributed by atoms with Crippen LogP contribution >= 0.6 is 0 Å². The molecule has 0 saturated heterocycles. The van der Waals surface area contributed by atoms with Crippen molar-refractivity contribution in [1.29, 1.82) is 0 Å². The summed E-state index contributed by atoms with van der Waals surface area (Å²) >= 11 is 0. The fourth-order valence-corrected chi connectivity index (χ4v) is 2.68. The summed E-state index contributed by atoms with van der Waals surface area (Å²) in [5.74, 6) is 0. The Hall–Kier alpha value is 1.23. The molecule has 0 atom stereocenters. The molecule has 0 aliphatic rings. The summed E-state index contributed by atoms with van der Waals surface area (Å²) in [7, 11) is 0. The van der Waals surface area contributed by atoms with E-state index in [4.69, 9.17) is 15.3 Å². The molecular weight excluding hydrogens is 481 g/mol. The summed E-state index contributed by atoms with van der Waals surface area (Å²) < 4.78 is 0. The first-order valence-corrected chi connectivity index (χ1v) is 12.1. The van der Waals surface area contributed by atoms with Crippen molar-refractivity contribution < 1.29 is 56.2 Å². The van der Waals surface area contributed by atoms with Gasteiger partial charge in [-0.05, 0) is 19.3 Å². The molecule has 28 heavy (non-hydrogen) atoms. The molecule has 0 radical (unpaired) electrons. The molecule has 0 fully saturated rings. The van der Waals surface area contributed by atoms with Gasteiger partial charge >= 0.3 is 0 Å². The largest absolute Gasteiger partial charge is 0.396 e. The summed E-state index contributed by atoms with van der Waals surface area (Å²) in [4.78, 5) is 0. The average Bonchev–Trinajstić information content (AvgIpc) is 2.69. The van der Waals surface area contributed by atoms with Crippen LogP contribution in [0.25, 0.3) is 0 Å². The van der Waals surface area contributed by atoms with Crippen molar-refractivity contribution in [3.63, 3.8) is 0 Å².